The minimum Gasteiger partial charge on any atom is -0.391 e. The van der Waals surface area contributed by atoms with Gasteiger partial charge in [-0.3, -0.25) is 0 Å². The van der Waals surface area contributed by atoms with Gasteiger partial charge in [0.2, 0.25) is 0 Å². The molecule has 1 aliphatic heterocycles. The molecule has 1 saturated heterocycles. The molecular weight excluding hydrogens is 268 g/mol. The van der Waals surface area contributed by atoms with Crippen molar-refractivity contribution in [3.05, 3.63) is 5.82 Å². The minimum absolute atomic E-state index is 0.0277. The van der Waals surface area contributed by atoms with E-state index in [1.807, 2.05) is 6.92 Å². The summed E-state index contributed by atoms with van der Waals surface area (Å²) in [4.78, 5) is 4.24. The number of aliphatic hydroxyl groups excluding tert-OH is 1. The molecular formula is C8H12N2O3S3. The first-order chi connectivity index (χ1) is 7.50. The number of sulfone groups is 1. The van der Waals surface area contributed by atoms with Gasteiger partial charge in [-0.05, 0) is 11.5 Å². The summed E-state index contributed by atoms with van der Waals surface area (Å²) >= 11 is 2.57. The molecule has 1 aromatic heterocycles. The number of nitrogens with zero attached hydrogens (tertiary/aromatic N) is 2. The topological polar surface area (TPSA) is 80.2 Å². The van der Waals surface area contributed by atoms with Crippen LogP contribution in [0, 0.1) is 0 Å². The fourth-order valence-electron chi connectivity index (χ4n) is 1.47. The van der Waals surface area contributed by atoms with Crippen molar-refractivity contribution >= 4 is 33.1 Å². The molecule has 0 bridgehead atoms. The maximum absolute atomic E-state index is 11.3. The molecule has 1 fully saturated rings. The van der Waals surface area contributed by atoms with Crippen LogP contribution in [0.25, 0.3) is 0 Å². The van der Waals surface area contributed by atoms with Crippen molar-refractivity contribution < 1.29 is 13.5 Å². The molecule has 2 atom stereocenters. The van der Waals surface area contributed by atoms with E-state index in [1.54, 1.807) is 0 Å². The summed E-state index contributed by atoms with van der Waals surface area (Å²) in [5.41, 5.74) is 0. The number of hydrogen-bond donors (Lipinski definition) is 1. The van der Waals surface area contributed by atoms with Gasteiger partial charge in [0.15, 0.2) is 14.2 Å². The summed E-state index contributed by atoms with van der Waals surface area (Å²) in [6.45, 7) is 1.96. The highest BCUT2D eigenvalue weighted by Crippen LogP contribution is 2.32. The van der Waals surface area contributed by atoms with Crippen LogP contribution in [0.2, 0.25) is 0 Å². The monoisotopic (exact) mass is 280 g/mol. The van der Waals surface area contributed by atoms with Gasteiger partial charge in [0, 0.05) is 6.42 Å². The molecule has 0 radical (unpaired) electrons. The van der Waals surface area contributed by atoms with Crippen molar-refractivity contribution in [2.45, 2.75) is 29.0 Å². The van der Waals surface area contributed by atoms with E-state index in [0.29, 0.717) is 0 Å². The van der Waals surface area contributed by atoms with E-state index in [9.17, 15) is 13.5 Å². The lowest BCUT2D eigenvalue weighted by Gasteiger charge is -2.08. The first kappa shape index (κ1) is 12.3. The third-order valence-corrected chi connectivity index (χ3v) is 6.36. The maximum Gasteiger partial charge on any atom is 0.170 e. The fraction of sp³-hybridized carbons (Fsp3) is 0.750. The Hall–Kier alpha value is -0.180. The van der Waals surface area contributed by atoms with Gasteiger partial charge in [-0.2, -0.15) is 4.37 Å². The molecule has 0 aliphatic carbocycles. The highest BCUT2D eigenvalue weighted by atomic mass is 32.2. The van der Waals surface area contributed by atoms with E-state index in [-0.39, 0.29) is 16.8 Å². The molecule has 1 aromatic rings. The SMILES string of the molecule is CCc1nsc(SC2CS(=O)(=O)CC2O)n1. The smallest absolute Gasteiger partial charge is 0.170 e. The average molecular weight is 280 g/mol. The normalized spacial score (nSPS) is 28.4. The molecule has 0 aromatic carbocycles. The molecule has 0 spiro atoms. The van der Waals surface area contributed by atoms with E-state index in [1.165, 1.54) is 23.3 Å². The van der Waals surface area contributed by atoms with E-state index in [0.717, 1.165) is 16.6 Å². The van der Waals surface area contributed by atoms with Gasteiger partial charge < -0.3 is 5.11 Å². The van der Waals surface area contributed by atoms with E-state index in [2.05, 4.69) is 9.36 Å². The second-order valence-corrected chi connectivity index (χ2v) is 8.02. The molecule has 8 heteroatoms. The van der Waals surface area contributed by atoms with Gasteiger partial charge in [0.25, 0.3) is 0 Å². The Kier molecular flexibility index (Phi) is 3.53. The lowest BCUT2D eigenvalue weighted by atomic mass is 10.3. The Morgan fingerprint density at radius 2 is 2.31 bits per heavy atom. The van der Waals surface area contributed by atoms with Crippen LogP contribution in [0.1, 0.15) is 12.7 Å². The standard InChI is InChI=1S/C8H12N2O3S3/c1-2-7-9-8(15-10-7)14-6-4-16(12,13)3-5(6)11/h5-6,11H,2-4H2,1H3. The summed E-state index contributed by atoms with van der Waals surface area (Å²) in [6, 6.07) is 0. The number of hydrogen-bond acceptors (Lipinski definition) is 7. The first-order valence-electron chi connectivity index (χ1n) is 4.88. The second-order valence-electron chi connectivity index (χ2n) is 3.63. The predicted molar refractivity (Wildman–Crippen MR) is 63.6 cm³/mol. The molecule has 1 aliphatic rings. The summed E-state index contributed by atoms with van der Waals surface area (Å²) in [6.07, 6.45) is -0.0215. The third-order valence-electron chi connectivity index (χ3n) is 2.29. The summed E-state index contributed by atoms with van der Waals surface area (Å²) in [7, 11) is -3.08. The van der Waals surface area contributed by atoms with Crippen LogP contribution in [-0.2, 0) is 16.3 Å². The van der Waals surface area contributed by atoms with Gasteiger partial charge in [0.1, 0.15) is 5.82 Å². The Labute approximate surface area is 102 Å². The van der Waals surface area contributed by atoms with Crippen molar-refractivity contribution in [3.8, 4) is 0 Å². The van der Waals surface area contributed by atoms with E-state index < -0.39 is 15.9 Å². The largest absolute Gasteiger partial charge is 0.391 e. The van der Waals surface area contributed by atoms with Crippen LogP contribution in [0.3, 0.4) is 0 Å². The lowest BCUT2D eigenvalue weighted by molar-refractivity contribution is 0.207. The van der Waals surface area contributed by atoms with Crippen molar-refractivity contribution in [1.29, 1.82) is 0 Å². The minimum atomic E-state index is -3.08. The van der Waals surface area contributed by atoms with Crippen molar-refractivity contribution in [3.63, 3.8) is 0 Å². The number of aromatic nitrogens is 2. The van der Waals surface area contributed by atoms with Crippen LogP contribution >= 0.6 is 23.3 Å². The molecule has 2 unspecified atom stereocenters. The summed E-state index contributed by atoms with van der Waals surface area (Å²) in [5.74, 6) is 0.659. The van der Waals surface area contributed by atoms with Crippen molar-refractivity contribution in [1.82, 2.24) is 9.36 Å². The van der Waals surface area contributed by atoms with Crippen LogP contribution < -0.4 is 0 Å². The highest BCUT2D eigenvalue weighted by Gasteiger charge is 2.37. The summed E-state index contributed by atoms with van der Waals surface area (Å²) < 4.78 is 27.4. The zero-order valence-electron chi connectivity index (χ0n) is 8.66. The third kappa shape index (κ3) is 2.73. The summed E-state index contributed by atoms with van der Waals surface area (Å²) in [5, 5.41) is 9.30. The van der Waals surface area contributed by atoms with Crippen LogP contribution in [0.5, 0.6) is 0 Å². The second kappa shape index (κ2) is 4.59. The van der Waals surface area contributed by atoms with Gasteiger partial charge in [-0.1, -0.05) is 18.7 Å². The molecule has 0 amide bonds. The highest BCUT2D eigenvalue weighted by molar-refractivity contribution is 8.03. The van der Waals surface area contributed by atoms with E-state index in [4.69, 9.17) is 0 Å². The van der Waals surface area contributed by atoms with Crippen molar-refractivity contribution in [2.75, 3.05) is 11.5 Å². The van der Waals surface area contributed by atoms with Gasteiger partial charge in [0.05, 0.1) is 22.9 Å². The molecule has 90 valence electrons. The lowest BCUT2D eigenvalue weighted by Crippen LogP contribution is -2.19. The molecule has 2 heterocycles. The predicted octanol–water partition coefficient (Wildman–Crippen LogP) is 0.351. The van der Waals surface area contributed by atoms with E-state index >= 15 is 0 Å². The van der Waals surface area contributed by atoms with Crippen LogP contribution in [-0.4, -0.2) is 45.7 Å². The molecule has 0 saturated carbocycles. The Morgan fingerprint density at radius 3 is 2.81 bits per heavy atom. The fourth-order valence-corrected chi connectivity index (χ4v) is 5.92. The Balaban J connectivity index is 2.05. The van der Waals surface area contributed by atoms with Crippen molar-refractivity contribution in [2.24, 2.45) is 0 Å². The number of aryl methyl sites for hydroxylation is 1. The first-order valence-corrected chi connectivity index (χ1v) is 8.35. The number of rotatable bonds is 3. The zero-order chi connectivity index (χ0) is 11.8. The Morgan fingerprint density at radius 1 is 1.56 bits per heavy atom. The number of aliphatic hydroxyl groups is 1. The van der Waals surface area contributed by atoms with Crippen LogP contribution in [0.15, 0.2) is 4.34 Å². The van der Waals surface area contributed by atoms with Gasteiger partial charge >= 0.3 is 0 Å². The molecule has 1 N–H and O–H groups in total. The quantitative estimate of drug-likeness (QED) is 0.860. The molecule has 16 heavy (non-hydrogen) atoms. The average Bonchev–Trinajstić information content (AvgIpc) is 2.72. The van der Waals surface area contributed by atoms with Gasteiger partial charge in [-0.15, -0.1) is 0 Å². The maximum atomic E-state index is 11.3. The zero-order valence-corrected chi connectivity index (χ0v) is 11.1. The van der Waals surface area contributed by atoms with Crippen LogP contribution in [0.4, 0.5) is 0 Å². The number of thioether (sulfide) groups is 1. The molecule has 2 rings (SSSR count). The molecule has 5 nitrogen and oxygen atoms in total. The Bertz CT molecular complexity index is 471. The van der Waals surface area contributed by atoms with Gasteiger partial charge in [-0.25, -0.2) is 13.4 Å².